The molecule has 0 radical (unpaired) electrons. The highest BCUT2D eigenvalue weighted by Gasteiger charge is 2.03. The molecule has 0 unspecified atom stereocenters. The van der Waals surface area contributed by atoms with E-state index in [1.165, 1.54) is 5.56 Å². The first-order valence-electron chi connectivity index (χ1n) is 9.50. The standard InChI is InChI=1S/C24H23ClN2O2/c1-2-18-10-12-19(13-11-18)15-24(28)27-26-16-20-6-5-8-22(14-20)29-17-21-7-3-4-9-23(21)25/h3-14,16H,2,15,17H2,1H3,(H,27,28)/b26-16-. The predicted molar refractivity (Wildman–Crippen MR) is 117 cm³/mol. The Morgan fingerprint density at radius 2 is 1.79 bits per heavy atom. The molecule has 0 aromatic heterocycles. The van der Waals surface area contributed by atoms with Crippen LogP contribution in [0.15, 0.2) is 77.9 Å². The third-order valence-corrected chi connectivity index (χ3v) is 4.78. The van der Waals surface area contributed by atoms with E-state index in [9.17, 15) is 4.79 Å². The Balaban J connectivity index is 1.51. The third-order valence-electron chi connectivity index (χ3n) is 4.41. The van der Waals surface area contributed by atoms with Gasteiger partial charge in [0, 0.05) is 10.6 Å². The second-order valence-electron chi connectivity index (χ2n) is 6.59. The van der Waals surface area contributed by atoms with Gasteiger partial charge in [0.25, 0.3) is 0 Å². The number of aryl methyl sites for hydroxylation is 1. The van der Waals surface area contributed by atoms with Crippen LogP contribution in [0, 0.1) is 0 Å². The Labute approximate surface area is 176 Å². The largest absolute Gasteiger partial charge is 0.489 e. The molecule has 3 rings (SSSR count). The monoisotopic (exact) mass is 406 g/mol. The number of nitrogens with one attached hydrogen (secondary N) is 1. The molecule has 0 heterocycles. The van der Waals surface area contributed by atoms with Gasteiger partial charge in [0.1, 0.15) is 12.4 Å². The van der Waals surface area contributed by atoms with Crippen molar-refractivity contribution in [2.24, 2.45) is 5.10 Å². The molecule has 29 heavy (non-hydrogen) atoms. The molecule has 4 nitrogen and oxygen atoms in total. The maximum absolute atomic E-state index is 12.1. The molecule has 148 valence electrons. The van der Waals surface area contributed by atoms with Crippen molar-refractivity contribution in [3.63, 3.8) is 0 Å². The maximum Gasteiger partial charge on any atom is 0.244 e. The van der Waals surface area contributed by atoms with Crippen molar-refractivity contribution in [3.05, 3.63) is 100 Å². The van der Waals surface area contributed by atoms with E-state index in [0.717, 1.165) is 23.1 Å². The van der Waals surface area contributed by atoms with E-state index in [1.807, 2.05) is 72.8 Å². The highest BCUT2D eigenvalue weighted by atomic mass is 35.5. The van der Waals surface area contributed by atoms with Gasteiger partial charge in [-0.1, -0.05) is 73.1 Å². The maximum atomic E-state index is 12.1. The van der Waals surface area contributed by atoms with Crippen molar-refractivity contribution >= 4 is 23.7 Å². The van der Waals surface area contributed by atoms with Gasteiger partial charge in [-0.25, -0.2) is 5.43 Å². The number of ether oxygens (including phenoxy) is 1. The summed E-state index contributed by atoms with van der Waals surface area (Å²) >= 11 is 6.15. The van der Waals surface area contributed by atoms with E-state index in [4.69, 9.17) is 16.3 Å². The van der Waals surface area contributed by atoms with Gasteiger partial charge in [-0.3, -0.25) is 4.79 Å². The molecule has 0 spiro atoms. The van der Waals surface area contributed by atoms with Crippen LogP contribution in [-0.2, 0) is 24.2 Å². The molecule has 0 atom stereocenters. The lowest BCUT2D eigenvalue weighted by molar-refractivity contribution is -0.120. The van der Waals surface area contributed by atoms with Crippen molar-refractivity contribution in [1.82, 2.24) is 5.43 Å². The van der Waals surface area contributed by atoms with Crippen molar-refractivity contribution < 1.29 is 9.53 Å². The molecule has 5 heteroatoms. The van der Waals surface area contributed by atoms with E-state index in [0.29, 0.717) is 23.8 Å². The van der Waals surface area contributed by atoms with Crippen LogP contribution in [0.4, 0.5) is 0 Å². The fourth-order valence-electron chi connectivity index (χ4n) is 2.76. The summed E-state index contributed by atoms with van der Waals surface area (Å²) in [7, 11) is 0. The topological polar surface area (TPSA) is 50.7 Å². The first-order chi connectivity index (χ1) is 14.1. The van der Waals surface area contributed by atoms with Crippen LogP contribution < -0.4 is 10.2 Å². The Kier molecular flexibility index (Phi) is 7.42. The van der Waals surface area contributed by atoms with E-state index in [1.54, 1.807) is 6.21 Å². The summed E-state index contributed by atoms with van der Waals surface area (Å²) < 4.78 is 5.81. The van der Waals surface area contributed by atoms with Crippen molar-refractivity contribution in [2.45, 2.75) is 26.4 Å². The van der Waals surface area contributed by atoms with Crippen LogP contribution in [0.2, 0.25) is 5.02 Å². The Hall–Kier alpha value is -3.11. The van der Waals surface area contributed by atoms with E-state index >= 15 is 0 Å². The molecule has 0 saturated heterocycles. The van der Waals surface area contributed by atoms with Crippen molar-refractivity contribution in [2.75, 3.05) is 0 Å². The third kappa shape index (κ3) is 6.47. The molecule has 0 aliphatic heterocycles. The zero-order valence-electron chi connectivity index (χ0n) is 16.3. The van der Waals surface area contributed by atoms with Crippen molar-refractivity contribution in [3.8, 4) is 5.75 Å². The number of hydrogen-bond donors (Lipinski definition) is 1. The minimum atomic E-state index is -0.156. The molecule has 3 aromatic rings. The highest BCUT2D eigenvalue weighted by molar-refractivity contribution is 6.31. The quantitative estimate of drug-likeness (QED) is 0.414. The molecular weight excluding hydrogens is 384 g/mol. The summed E-state index contributed by atoms with van der Waals surface area (Å²) in [5, 5.41) is 4.72. The van der Waals surface area contributed by atoms with E-state index in [-0.39, 0.29) is 5.91 Å². The lowest BCUT2D eigenvalue weighted by atomic mass is 10.1. The molecule has 1 N–H and O–H groups in total. The summed E-state index contributed by atoms with van der Waals surface area (Å²) in [4.78, 5) is 12.1. The highest BCUT2D eigenvalue weighted by Crippen LogP contribution is 2.19. The zero-order valence-corrected chi connectivity index (χ0v) is 17.0. The summed E-state index contributed by atoms with van der Waals surface area (Å²) in [6.45, 7) is 2.49. The van der Waals surface area contributed by atoms with Gasteiger partial charge in [0.15, 0.2) is 0 Å². The molecular formula is C24H23ClN2O2. The number of rotatable bonds is 8. The SMILES string of the molecule is CCc1ccc(CC(=O)N/N=C\c2cccc(OCc3ccccc3Cl)c2)cc1. The summed E-state index contributed by atoms with van der Waals surface area (Å²) in [6.07, 6.45) is 2.88. The van der Waals surface area contributed by atoms with E-state index in [2.05, 4.69) is 17.5 Å². The fraction of sp³-hybridized carbons (Fsp3) is 0.167. The van der Waals surface area contributed by atoms with Gasteiger partial charge in [0.05, 0.1) is 12.6 Å². The molecule has 3 aromatic carbocycles. The van der Waals surface area contributed by atoms with Gasteiger partial charge in [-0.15, -0.1) is 0 Å². The summed E-state index contributed by atoms with van der Waals surface area (Å²) in [5.41, 5.74) is 6.53. The van der Waals surface area contributed by atoms with Crippen LogP contribution in [0.3, 0.4) is 0 Å². The molecule has 0 fully saturated rings. The molecule has 0 aliphatic carbocycles. The Morgan fingerprint density at radius 3 is 2.55 bits per heavy atom. The number of halogens is 1. The molecule has 0 aliphatic rings. The summed E-state index contributed by atoms with van der Waals surface area (Å²) in [6, 6.07) is 23.1. The lowest BCUT2D eigenvalue weighted by Crippen LogP contribution is -2.19. The van der Waals surface area contributed by atoms with Crippen molar-refractivity contribution in [1.29, 1.82) is 0 Å². The zero-order chi connectivity index (χ0) is 20.5. The number of carbonyl (C=O) groups excluding carboxylic acids is 1. The summed E-state index contributed by atoms with van der Waals surface area (Å²) in [5.74, 6) is 0.549. The smallest absolute Gasteiger partial charge is 0.244 e. The van der Waals surface area contributed by atoms with Crippen LogP contribution in [0.1, 0.15) is 29.2 Å². The minimum Gasteiger partial charge on any atom is -0.489 e. The second kappa shape index (κ2) is 10.4. The number of nitrogens with zero attached hydrogens (tertiary/aromatic N) is 1. The Bertz CT molecular complexity index is 984. The fourth-order valence-corrected chi connectivity index (χ4v) is 2.95. The van der Waals surface area contributed by atoms with Gasteiger partial charge >= 0.3 is 0 Å². The molecule has 0 saturated carbocycles. The number of hydrogen-bond acceptors (Lipinski definition) is 3. The first-order valence-corrected chi connectivity index (χ1v) is 9.88. The number of benzene rings is 3. The molecule has 0 bridgehead atoms. The molecule has 1 amide bonds. The van der Waals surface area contributed by atoms with Gasteiger partial charge < -0.3 is 4.74 Å². The van der Waals surface area contributed by atoms with Crippen LogP contribution in [0.25, 0.3) is 0 Å². The number of amides is 1. The average Bonchev–Trinajstić information content (AvgIpc) is 2.74. The van der Waals surface area contributed by atoms with Crippen LogP contribution >= 0.6 is 11.6 Å². The minimum absolute atomic E-state index is 0.156. The van der Waals surface area contributed by atoms with Gasteiger partial charge in [-0.2, -0.15) is 5.10 Å². The van der Waals surface area contributed by atoms with Gasteiger partial charge in [-0.05, 0) is 41.3 Å². The van der Waals surface area contributed by atoms with Crippen LogP contribution in [-0.4, -0.2) is 12.1 Å². The lowest BCUT2D eigenvalue weighted by Gasteiger charge is -2.08. The Morgan fingerprint density at radius 1 is 1.03 bits per heavy atom. The van der Waals surface area contributed by atoms with Gasteiger partial charge in [0.2, 0.25) is 5.91 Å². The average molecular weight is 407 g/mol. The van der Waals surface area contributed by atoms with E-state index < -0.39 is 0 Å². The number of hydrazone groups is 1. The van der Waals surface area contributed by atoms with Crippen LogP contribution in [0.5, 0.6) is 5.75 Å². The first kappa shape index (κ1) is 20.6. The number of carbonyl (C=O) groups is 1. The second-order valence-corrected chi connectivity index (χ2v) is 7.00. The predicted octanol–water partition coefficient (Wildman–Crippen LogP) is 5.17. The normalized spacial score (nSPS) is 10.8.